The van der Waals surface area contributed by atoms with Gasteiger partial charge < -0.3 is 25.5 Å². The Morgan fingerprint density at radius 1 is 1.14 bits per heavy atom. The molecule has 2 aliphatic heterocycles. The Morgan fingerprint density at radius 3 is 2.97 bits per heavy atom. The number of nitrogens with one attached hydrogen (secondary N) is 1. The molecule has 0 bridgehead atoms. The van der Waals surface area contributed by atoms with Crippen molar-refractivity contribution in [2.75, 3.05) is 17.7 Å². The Bertz CT molecular complexity index is 1670. The number of aromatic nitrogens is 7. The third kappa shape index (κ3) is 3.66. The smallest absolute Gasteiger partial charge is 0.219 e. The Balaban J connectivity index is 1.22. The summed E-state index contributed by atoms with van der Waals surface area (Å²) in [5.74, 6) is 3.24. The Hall–Kier alpha value is -4.51. The lowest BCUT2D eigenvalue weighted by molar-refractivity contribution is 0.111. The number of rotatable bonds is 3. The van der Waals surface area contributed by atoms with Crippen molar-refractivity contribution in [1.82, 2.24) is 34.3 Å². The normalized spacial score (nSPS) is 16.4. The summed E-state index contributed by atoms with van der Waals surface area (Å²) in [7, 11) is 0. The number of fused-ring (bicyclic) bond motifs is 4. The van der Waals surface area contributed by atoms with Crippen molar-refractivity contribution in [1.29, 1.82) is 0 Å². The van der Waals surface area contributed by atoms with Gasteiger partial charge in [-0.2, -0.15) is 5.10 Å². The summed E-state index contributed by atoms with van der Waals surface area (Å²) in [4.78, 5) is 18.0. The number of hydrogen-bond acceptors (Lipinski definition) is 9. The highest BCUT2D eigenvalue weighted by atomic mass is 16.5. The fourth-order valence-corrected chi connectivity index (χ4v) is 5.20. The average molecular weight is 496 g/mol. The fraction of sp³-hybridized carbons (Fsp3) is 0.269. The third-order valence-corrected chi connectivity index (χ3v) is 7.15. The second-order valence-corrected chi connectivity index (χ2v) is 9.44. The van der Waals surface area contributed by atoms with Crippen LogP contribution in [-0.4, -0.2) is 46.0 Å². The van der Waals surface area contributed by atoms with Crippen LogP contribution in [-0.2, 0) is 19.5 Å². The molecule has 4 N–H and O–H groups in total. The van der Waals surface area contributed by atoms with E-state index in [0.29, 0.717) is 48.3 Å². The van der Waals surface area contributed by atoms with Crippen LogP contribution in [0.2, 0.25) is 0 Å². The van der Waals surface area contributed by atoms with E-state index in [1.165, 1.54) is 0 Å². The van der Waals surface area contributed by atoms with Crippen LogP contribution < -0.4 is 15.8 Å². The second kappa shape index (κ2) is 8.27. The molecule has 7 rings (SSSR count). The average Bonchev–Trinajstić information content (AvgIpc) is 3.45. The number of nitrogens with zero attached hydrogens (tertiary/aromatic N) is 7. The first-order chi connectivity index (χ1) is 18.0. The summed E-state index contributed by atoms with van der Waals surface area (Å²) >= 11 is 0. The van der Waals surface area contributed by atoms with Crippen LogP contribution in [0.15, 0.2) is 43.0 Å². The maximum absolute atomic E-state index is 10.5. The highest BCUT2D eigenvalue weighted by Gasteiger charge is 2.25. The van der Waals surface area contributed by atoms with Crippen molar-refractivity contribution in [2.45, 2.75) is 39.0 Å². The maximum atomic E-state index is 10.5. The first kappa shape index (κ1) is 21.7. The molecule has 0 radical (unpaired) electrons. The number of imidazole rings is 1. The molecule has 0 saturated carbocycles. The number of aliphatic hydroxyl groups is 1. The van der Waals surface area contributed by atoms with Crippen LogP contribution in [0.4, 0.5) is 17.5 Å². The molecule has 5 aromatic heterocycles. The maximum Gasteiger partial charge on any atom is 0.219 e. The number of aryl methyl sites for hydroxylation is 2. The van der Waals surface area contributed by atoms with E-state index in [1.807, 2.05) is 36.1 Å². The second-order valence-electron chi connectivity index (χ2n) is 9.44. The van der Waals surface area contributed by atoms with E-state index in [1.54, 1.807) is 12.4 Å². The molecule has 11 heteroatoms. The molecule has 0 aromatic carbocycles. The summed E-state index contributed by atoms with van der Waals surface area (Å²) in [5, 5.41) is 20.3. The molecule has 11 nitrogen and oxygen atoms in total. The molecule has 0 saturated heterocycles. The monoisotopic (exact) mass is 495 g/mol. The predicted molar refractivity (Wildman–Crippen MR) is 138 cm³/mol. The predicted octanol–water partition coefficient (Wildman–Crippen LogP) is 3.14. The van der Waals surface area contributed by atoms with Gasteiger partial charge >= 0.3 is 0 Å². The van der Waals surface area contributed by atoms with Crippen molar-refractivity contribution in [3.8, 4) is 17.1 Å². The molecular formula is C26H25N9O2. The standard InChI is InChI=1S/C26H25N9O2/c1-14-17(11-30-26-24(14)20(36)3-7-37-26)19-8-15-9-21(29-12-18(15)25(27)31-19)32-22-10-16-2-5-34-6-4-28-23(34)13-35(16)33-22/h4,6,8-12,20,36H,2-3,5,7,13H2,1H3,(H2,27,31)(H,29,32,33)/t20-/m0/s1. The number of hydrogen-bond donors (Lipinski definition) is 3. The molecule has 5 aromatic rings. The topological polar surface area (TPSA) is 142 Å². The van der Waals surface area contributed by atoms with Gasteiger partial charge in [-0.25, -0.2) is 19.9 Å². The molecule has 0 unspecified atom stereocenters. The number of nitrogens with two attached hydrogens (primary N) is 1. The van der Waals surface area contributed by atoms with Crippen molar-refractivity contribution in [2.24, 2.45) is 0 Å². The molecule has 1 atom stereocenters. The van der Waals surface area contributed by atoms with Gasteiger partial charge in [-0.3, -0.25) is 4.68 Å². The molecule has 0 spiro atoms. The molecule has 7 heterocycles. The Morgan fingerprint density at radius 2 is 2.05 bits per heavy atom. The van der Waals surface area contributed by atoms with Crippen LogP contribution in [0.1, 0.15) is 35.2 Å². The number of ether oxygens (including phenoxy) is 1. The van der Waals surface area contributed by atoms with Crippen LogP contribution >= 0.6 is 0 Å². The lowest BCUT2D eigenvalue weighted by Gasteiger charge is -2.24. The largest absolute Gasteiger partial charge is 0.477 e. The molecule has 0 aliphatic carbocycles. The van der Waals surface area contributed by atoms with E-state index in [0.717, 1.165) is 52.2 Å². The zero-order valence-corrected chi connectivity index (χ0v) is 20.2. The van der Waals surface area contributed by atoms with E-state index >= 15 is 0 Å². The van der Waals surface area contributed by atoms with E-state index in [-0.39, 0.29) is 0 Å². The Labute approximate surface area is 212 Å². The van der Waals surface area contributed by atoms with Gasteiger partial charge in [-0.1, -0.05) is 0 Å². The van der Waals surface area contributed by atoms with Gasteiger partial charge in [0.2, 0.25) is 5.88 Å². The molecule has 37 heavy (non-hydrogen) atoms. The highest BCUT2D eigenvalue weighted by Crippen LogP contribution is 2.38. The SMILES string of the molecule is Cc1c(-c2cc3cc(Nc4cc5n(n4)Cc4nccn4CC5)ncc3c(N)n2)cnc2c1[C@@H](O)CCO2. The fourth-order valence-electron chi connectivity index (χ4n) is 5.20. The van der Waals surface area contributed by atoms with Crippen molar-refractivity contribution in [3.63, 3.8) is 0 Å². The summed E-state index contributed by atoms with van der Waals surface area (Å²) < 4.78 is 9.79. The van der Waals surface area contributed by atoms with E-state index in [2.05, 4.69) is 35.9 Å². The van der Waals surface area contributed by atoms with E-state index in [4.69, 9.17) is 15.6 Å². The zero-order chi connectivity index (χ0) is 25.1. The highest BCUT2D eigenvalue weighted by molar-refractivity contribution is 5.95. The minimum Gasteiger partial charge on any atom is -0.477 e. The number of pyridine rings is 3. The lowest BCUT2D eigenvalue weighted by Crippen LogP contribution is -2.16. The van der Waals surface area contributed by atoms with Gasteiger partial charge in [0.25, 0.3) is 0 Å². The molecule has 0 amide bonds. The quantitative estimate of drug-likeness (QED) is 0.344. The van der Waals surface area contributed by atoms with Gasteiger partial charge in [0.05, 0.1) is 24.9 Å². The van der Waals surface area contributed by atoms with Crippen LogP contribution in [0.3, 0.4) is 0 Å². The molecule has 0 fully saturated rings. The molecular weight excluding hydrogens is 470 g/mol. The molecule has 2 aliphatic rings. The van der Waals surface area contributed by atoms with Gasteiger partial charge in [0, 0.05) is 72.4 Å². The zero-order valence-electron chi connectivity index (χ0n) is 20.2. The Kier molecular flexibility index (Phi) is 4.86. The first-order valence-corrected chi connectivity index (χ1v) is 12.2. The minimum atomic E-state index is -0.612. The third-order valence-electron chi connectivity index (χ3n) is 7.15. The van der Waals surface area contributed by atoms with Crippen molar-refractivity contribution >= 4 is 28.2 Å². The minimum absolute atomic E-state index is 0.379. The summed E-state index contributed by atoms with van der Waals surface area (Å²) in [6.07, 6.45) is 8.08. The van der Waals surface area contributed by atoms with Crippen molar-refractivity contribution in [3.05, 3.63) is 65.6 Å². The van der Waals surface area contributed by atoms with Crippen LogP contribution in [0, 0.1) is 6.92 Å². The summed E-state index contributed by atoms with van der Waals surface area (Å²) in [5.41, 5.74) is 10.6. The van der Waals surface area contributed by atoms with Gasteiger partial charge in [-0.05, 0) is 30.0 Å². The van der Waals surface area contributed by atoms with Gasteiger partial charge in [-0.15, -0.1) is 0 Å². The van der Waals surface area contributed by atoms with Crippen LogP contribution in [0.5, 0.6) is 5.88 Å². The number of aliphatic hydroxyl groups excluding tert-OH is 1. The first-order valence-electron chi connectivity index (χ1n) is 12.2. The number of anilines is 3. The summed E-state index contributed by atoms with van der Waals surface area (Å²) in [6, 6.07) is 5.96. The van der Waals surface area contributed by atoms with Crippen LogP contribution in [0.25, 0.3) is 22.0 Å². The van der Waals surface area contributed by atoms with Crippen molar-refractivity contribution < 1.29 is 9.84 Å². The van der Waals surface area contributed by atoms with E-state index in [9.17, 15) is 5.11 Å². The lowest BCUT2D eigenvalue weighted by atomic mass is 9.95. The molecule has 186 valence electrons. The summed E-state index contributed by atoms with van der Waals surface area (Å²) in [6.45, 7) is 3.91. The van der Waals surface area contributed by atoms with Gasteiger partial charge in [0.1, 0.15) is 17.5 Å². The van der Waals surface area contributed by atoms with Gasteiger partial charge in [0.15, 0.2) is 5.82 Å². The van der Waals surface area contributed by atoms with E-state index < -0.39 is 6.10 Å². The number of nitrogen functional groups attached to an aromatic ring is 1.